The molecule has 0 aliphatic carbocycles. The van der Waals surface area contributed by atoms with Crippen LogP contribution in [0.4, 0.5) is 5.69 Å². The number of nitrogens with one attached hydrogen (secondary N) is 1. The van der Waals surface area contributed by atoms with Gasteiger partial charge in [0.1, 0.15) is 5.75 Å². The van der Waals surface area contributed by atoms with E-state index >= 15 is 0 Å². The molecular weight excluding hydrogens is 434 g/mol. The molecule has 5 nitrogen and oxygen atoms in total. The molecule has 3 aromatic rings. The number of anilines is 1. The molecule has 0 radical (unpaired) electrons. The first-order valence-corrected chi connectivity index (χ1v) is 12.6. The fraction of sp³-hybridized carbons (Fsp3) is 0.367. The van der Waals surface area contributed by atoms with E-state index < -0.39 is 0 Å². The molecule has 0 fully saturated rings. The number of amides is 1. The quantitative estimate of drug-likeness (QED) is 0.399. The molecule has 0 unspecified atom stereocenters. The maximum atomic E-state index is 13.0. The van der Waals surface area contributed by atoms with Crippen LogP contribution in [-0.2, 0) is 13.0 Å². The van der Waals surface area contributed by atoms with Gasteiger partial charge in [-0.3, -0.25) is 9.69 Å². The summed E-state index contributed by atoms with van der Waals surface area (Å²) in [5, 5.41) is 3.20. The summed E-state index contributed by atoms with van der Waals surface area (Å²) in [5.41, 5.74) is 5.84. The molecule has 0 aromatic heterocycles. The molecule has 184 valence electrons. The normalized spacial score (nSPS) is 14.1. The van der Waals surface area contributed by atoms with E-state index in [0.29, 0.717) is 18.7 Å². The Morgan fingerprint density at radius 2 is 1.71 bits per heavy atom. The zero-order valence-corrected chi connectivity index (χ0v) is 21.2. The number of carbonyl (C=O) groups is 1. The third-order valence-corrected chi connectivity index (χ3v) is 6.73. The lowest BCUT2D eigenvalue weighted by atomic mass is 9.96. The van der Waals surface area contributed by atoms with Crippen LogP contribution in [0.3, 0.4) is 0 Å². The predicted molar refractivity (Wildman–Crippen MR) is 143 cm³/mol. The van der Waals surface area contributed by atoms with Crippen molar-refractivity contribution < 1.29 is 9.53 Å². The first-order chi connectivity index (χ1) is 17.0. The summed E-state index contributed by atoms with van der Waals surface area (Å²) in [7, 11) is 4.10. The smallest absolute Gasteiger partial charge is 0.251 e. The van der Waals surface area contributed by atoms with E-state index in [-0.39, 0.29) is 11.9 Å². The highest BCUT2D eigenvalue weighted by Gasteiger charge is 2.25. The first kappa shape index (κ1) is 24.8. The molecule has 0 spiro atoms. The summed E-state index contributed by atoms with van der Waals surface area (Å²) in [6, 6.07) is 24.9. The minimum atomic E-state index is -0.0579. The van der Waals surface area contributed by atoms with E-state index in [1.54, 1.807) is 0 Å². The lowest BCUT2D eigenvalue weighted by Crippen LogP contribution is -2.40. The Balaban J connectivity index is 1.47. The van der Waals surface area contributed by atoms with Crippen molar-refractivity contribution in [3.63, 3.8) is 0 Å². The van der Waals surface area contributed by atoms with Crippen molar-refractivity contribution in [2.24, 2.45) is 0 Å². The van der Waals surface area contributed by atoms with Crippen LogP contribution in [0.25, 0.3) is 0 Å². The maximum Gasteiger partial charge on any atom is 0.251 e. The third-order valence-electron chi connectivity index (χ3n) is 6.73. The van der Waals surface area contributed by atoms with E-state index in [9.17, 15) is 4.79 Å². The molecule has 1 heterocycles. The Bertz CT molecular complexity index is 1090. The van der Waals surface area contributed by atoms with Gasteiger partial charge in [-0.15, -0.1) is 0 Å². The lowest BCUT2D eigenvalue weighted by Gasteiger charge is -2.36. The summed E-state index contributed by atoms with van der Waals surface area (Å²) in [6.07, 6.45) is 3.15. The highest BCUT2D eigenvalue weighted by atomic mass is 16.5. The van der Waals surface area contributed by atoms with Crippen LogP contribution in [0.2, 0.25) is 0 Å². The topological polar surface area (TPSA) is 44.8 Å². The van der Waals surface area contributed by atoms with Gasteiger partial charge < -0.3 is 15.0 Å². The SMILES string of the molecule is CCCCOc1ccc(C(=O)NC[C@@H](c2ccc(N(C)C)cc2)N2CCc3ccccc3C2)cc1. The number of hydrogen-bond acceptors (Lipinski definition) is 4. The van der Waals surface area contributed by atoms with Crippen molar-refractivity contribution in [2.75, 3.05) is 38.7 Å². The molecule has 1 atom stereocenters. The van der Waals surface area contributed by atoms with Gasteiger partial charge in [-0.2, -0.15) is 0 Å². The number of unbranched alkanes of at least 4 members (excludes halogenated alkanes) is 1. The monoisotopic (exact) mass is 471 g/mol. The number of carbonyl (C=O) groups excluding carboxylic acids is 1. The van der Waals surface area contributed by atoms with E-state index in [1.165, 1.54) is 22.4 Å². The molecule has 1 aliphatic heterocycles. The van der Waals surface area contributed by atoms with Gasteiger partial charge in [-0.05, 0) is 65.9 Å². The van der Waals surface area contributed by atoms with E-state index in [4.69, 9.17) is 4.74 Å². The number of hydrogen-bond donors (Lipinski definition) is 1. The Hall–Kier alpha value is -3.31. The van der Waals surface area contributed by atoms with Crippen molar-refractivity contribution in [1.29, 1.82) is 0 Å². The molecule has 1 N–H and O–H groups in total. The van der Waals surface area contributed by atoms with Gasteiger partial charge in [-0.1, -0.05) is 49.7 Å². The van der Waals surface area contributed by atoms with Crippen molar-refractivity contribution in [3.05, 3.63) is 95.1 Å². The van der Waals surface area contributed by atoms with Crippen LogP contribution < -0.4 is 15.0 Å². The van der Waals surface area contributed by atoms with Crippen molar-refractivity contribution >= 4 is 11.6 Å². The highest BCUT2D eigenvalue weighted by Crippen LogP contribution is 2.29. The number of benzene rings is 3. The maximum absolute atomic E-state index is 13.0. The minimum Gasteiger partial charge on any atom is -0.494 e. The fourth-order valence-electron chi connectivity index (χ4n) is 4.56. The van der Waals surface area contributed by atoms with E-state index in [2.05, 4.69) is 84.7 Å². The first-order valence-electron chi connectivity index (χ1n) is 12.6. The summed E-state index contributed by atoms with van der Waals surface area (Å²) in [6.45, 7) is 5.25. The van der Waals surface area contributed by atoms with E-state index in [0.717, 1.165) is 38.1 Å². The van der Waals surface area contributed by atoms with Crippen molar-refractivity contribution in [3.8, 4) is 5.75 Å². The van der Waals surface area contributed by atoms with Gasteiger partial charge in [0, 0.05) is 45.0 Å². The Kier molecular flexibility index (Phi) is 8.43. The van der Waals surface area contributed by atoms with Crippen LogP contribution in [0, 0.1) is 0 Å². The lowest BCUT2D eigenvalue weighted by molar-refractivity contribution is 0.0927. The largest absolute Gasteiger partial charge is 0.494 e. The molecule has 35 heavy (non-hydrogen) atoms. The zero-order chi connectivity index (χ0) is 24.6. The molecule has 0 saturated carbocycles. The zero-order valence-electron chi connectivity index (χ0n) is 21.2. The molecular formula is C30H37N3O2. The summed E-state index contributed by atoms with van der Waals surface area (Å²) >= 11 is 0. The van der Waals surface area contributed by atoms with Crippen LogP contribution >= 0.6 is 0 Å². The number of fused-ring (bicyclic) bond motifs is 1. The van der Waals surface area contributed by atoms with Gasteiger partial charge in [0.05, 0.1) is 12.6 Å². The molecule has 3 aromatic carbocycles. The van der Waals surface area contributed by atoms with Gasteiger partial charge in [-0.25, -0.2) is 0 Å². The second-order valence-electron chi connectivity index (χ2n) is 9.43. The second kappa shape index (κ2) is 11.9. The average Bonchev–Trinajstić information content (AvgIpc) is 2.89. The van der Waals surface area contributed by atoms with Gasteiger partial charge in [0.2, 0.25) is 0 Å². The average molecular weight is 472 g/mol. The highest BCUT2D eigenvalue weighted by molar-refractivity contribution is 5.94. The van der Waals surface area contributed by atoms with Crippen LogP contribution in [-0.4, -0.2) is 44.6 Å². The molecule has 1 amide bonds. The van der Waals surface area contributed by atoms with Gasteiger partial charge >= 0.3 is 0 Å². The molecule has 0 bridgehead atoms. The van der Waals surface area contributed by atoms with Crippen molar-refractivity contribution in [1.82, 2.24) is 10.2 Å². The molecule has 4 rings (SSSR count). The minimum absolute atomic E-state index is 0.0579. The Morgan fingerprint density at radius 1 is 1.00 bits per heavy atom. The second-order valence-corrected chi connectivity index (χ2v) is 9.43. The van der Waals surface area contributed by atoms with E-state index in [1.807, 2.05) is 24.3 Å². The van der Waals surface area contributed by atoms with Gasteiger partial charge in [0.15, 0.2) is 0 Å². The van der Waals surface area contributed by atoms with Crippen LogP contribution in [0.1, 0.15) is 52.9 Å². The van der Waals surface area contributed by atoms with Crippen LogP contribution in [0.15, 0.2) is 72.8 Å². The van der Waals surface area contributed by atoms with Crippen LogP contribution in [0.5, 0.6) is 5.75 Å². The Labute approximate surface area is 209 Å². The predicted octanol–water partition coefficient (Wildman–Crippen LogP) is 5.46. The van der Waals surface area contributed by atoms with Crippen molar-refractivity contribution in [2.45, 2.75) is 38.8 Å². The fourth-order valence-corrected chi connectivity index (χ4v) is 4.56. The standard InChI is InChI=1S/C30H37N3O2/c1-4-5-20-35-28-16-12-25(13-17-28)30(34)31-21-29(24-10-14-27(15-11-24)32(2)3)33-19-18-23-8-6-7-9-26(23)22-33/h6-17,29H,4-5,18-22H2,1-3H3,(H,31,34)/t29-/m0/s1. The summed E-state index contributed by atoms with van der Waals surface area (Å²) in [5.74, 6) is 0.748. The van der Waals surface area contributed by atoms with Gasteiger partial charge in [0.25, 0.3) is 5.91 Å². The number of nitrogens with zero attached hydrogens (tertiary/aromatic N) is 2. The Morgan fingerprint density at radius 3 is 2.40 bits per heavy atom. The summed E-state index contributed by atoms with van der Waals surface area (Å²) in [4.78, 5) is 17.6. The third kappa shape index (κ3) is 6.43. The number of rotatable bonds is 10. The summed E-state index contributed by atoms with van der Waals surface area (Å²) < 4.78 is 5.73. The molecule has 1 aliphatic rings. The molecule has 5 heteroatoms. The number of ether oxygens (including phenoxy) is 1. The molecule has 0 saturated heterocycles.